The summed E-state index contributed by atoms with van der Waals surface area (Å²) in [6.45, 7) is 2.28. The van der Waals surface area contributed by atoms with E-state index in [1.54, 1.807) is 0 Å². The zero-order chi connectivity index (χ0) is 18.9. The minimum atomic E-state index is -0.0729. The molecule has 1 saturated heterocycles. The highest BCUT2D eigenvalue weighted by Gasteiger charge is 2.36. The summed E-state index contributed by atoms with van der Waals surface area (Å²) in [5.41, 5.74) is 5.79. The molecular formula is C25H24N2O. The topological polar surface area (TPSA) is 32.3 Å². The van der Waals surface area contributed by atoms with Crippen LogP contribution in [0.3, 0.4) is 0 Å². The van der Waals surface area contributed by atoms with E-state index in [0.29, 0.717) is 17.5 Å². The fraction of sp³-hybridized carbons (Fsp3) is 0.240. The van der Waals surface area contributed by atoms with Crippen LogP contribution in [-0.2, 0) is 0 Å². The van der Waals surface area contributed by atoms with E-state index in [1.165, 1.54) is 36.1 Å². The van der Waals surface area contributed by atoms with Crippen LogP contribution in [0.15, 0.2) is 78.9 Å². The van der Waals surface area contributed by atoms with Gasteiger partial charge in [0, 0.05) is 29.8 Å². The summed E-state index contributed by atoms with van der Waals surface area (Å²) in [6, 6.07) is 27.2. The molecule has 2 heterocycles. The maximum Gasteiger partial charge on any atom is 0.255 e. The largest absolute Gasteiger partial charge is 0.322 e. The highest BCUT2D eigenvalue weighted by atomic mass is 16.1. The number of nitrogens with zero attached hydrogens (tertiary/aromatic N) is 1. The number of carbonyl (C=O) groups excluding carboxylic acids is 1. The van der Waals surface area contributed by atoms with Gasteiger partial charge in [-0.2, -0.15) is 0 Å². The van der Waals surface area contributed by atoms with Crippen molar-refractivity contribution in [3.63, 3.8) is 0 Å². The smallest absolute Gasteiger partial charge is 0.255 e. The van der Waals surface area contributed by atoms with Crippen molar-refractivity contribution in [3.8, 4) is 0 Å². The number of carbonyl (C=O) groups is 1. The zero-order valence-electron chi connectivity index (χ0n) is 15.8. The molecule has 0 aromatic heterocycles. The summed E-state index contributed by atoms with van der Waals surface area (Å²) >= 11 is 0. The SMILES string of the molecule is O=C(Nc1ccc([C@@H]2CN3CCC[C@H]3c3ccccc32)cc1)c1ccccc1. The van der Waals surface area contributed by atoms with Crippen molar-refractivity contribution in [1.29, 1.82) is 0 Å². The standard InChI is InChI=1S/C25H24N2O/c28-25(19-7-2-1-3-8-19)26-20-14-12-18(13-15-20)23-17-27-16-6-11-24(27)22-10-5-4-9-21(22)23/h1-5,7-10,12-15,23-24H,6,11,16-17H2,(H,26,28)/t23-,24-/m0/s1. The highest BCUT2D eigenvalue weighted by molar-refractivity contribution is 6.04. The second-order valence-corrected chi connectivity index (χ2v) is 7.78. The Labute approximate surface area is 166 Å². The van der Waals surface area contributed by atoms with Gasteiger partial charge in [-0.25, -0.2) is 0 Å². The quantitative estimate of drug-likeness (QED) is 0.687. The third-order valence-electron chi connectivity index (χ3n) is 6.12. The van der Waals surface area contributed by atoms with Gasteiger partial charge in [-0.3, -0.25) is 9.69 Å². The van der Waals surface area contributed by atoms with Gasteiger partial charge < -0.3 is 5.32 Å². The van der Waals surface area contributed by atoms with E-state index < -0.39 is 0 Å². The summed E-state index contributed by atoms with van der Waals surface area (Å²) in [5, 5.41) is 3.00. The number of nitrogens with one attached hydrogen (secondary N) is 1. The first-order valence-electron chi connectivity index (χ1n) is 10.1. The Bertz CT molecular complexity index is 981. The molecule has 0 unspecified atom stereocenters. The van der Waals surface area contributed by atoms with Gasteiger partial charge in [0.2, 0.25) is 0 Å². The van der Waals surface area contributed by atoms with Gasteiger partial charge in [-0.15, -0.1) is 0 Å². The molecule has 1 N–H and O–H groups in total. The van der Waals surface area contributed by atoms with Gasteiger partial charge in [0.05, 0.1) is 0 Å². The Balaban J connectivity index is 1.39. The van der Waals surface area contributed by atoms with Crippen LogP contribution in [0.25, 0.3) is 0 Å². The first kappa shape index (κ1) is 17.2. The number of hydrogen-bond acceptors (Lipinski definition) is 2. The lowest BCUT2D eigenvalue weighted by Crippen LogP contribution is -2.34. The molecule has 1 fully saturated rings. The van der Waals surface area contributed by atoms with E-state index in [4.69, 9.17) is 0 Å². The van der Waals surface area contributed by atoms with E-state index in [9.17, 15) is 4.79 Å². The average Bonchev–Trinajstić information content (AvgIpc) is 3.23. The molecule has 0 saturated carbocycles. The summed E-state index contributed by atoms with van der Waals surface area (Å²) in [5.74, 6) is 0.320. The number of rotatable bonds is 3. The molecule has 3 heteroatoms. The lowest BCUT2D eigenvalue weighted by Gasteiger charge is -2.37. The van der Waals surface area contributed by atoms with E-state index in [1.807, 2.05) is 42.5 Å². The van der Waals surface area contributed by atoms with Crippen molar-refractivity contribution in [3.05, 3.63) is 101 Å². The third kappa shape index (κ3) is 3.12. The zero-order valence-corrected chi connectivity index (χ0v) is 15.8. The van der Waals surface area contributed by atoms with Gasteiger partial charge in [-0.1, -0.05) is 54.6 Å². The van der Waals surface area contributed by atoms with Crippen molar-refractivity contribution in [2.24, 2.45) is 0 Å². The van der Waals surface area contributed by atoms with Gasteiger partial charge >= 0.3 is 0 Å². The first-order chi connectivity index (χ1) is 13.8. The fourth-order valence-corrected chi connectivity index (χ4v) is 4.74. The number of benzene rings is 3. The lowest BCUT2D eigenvalue weighted by atomic mass is 9.81. The third-order valence-corrected chi connectivity index (χ3v) is 6.12. The summed E-state index contributed by atoms with van der Waals surface area (Å²) in [4.78, 5) is 15.0. The first-order valence-corrected chi connectivity index (χ1v) is 10.1. The molecule has 0 aliphatic carbocycles. The van der Waals surface area contributed by atoms with Crippen LogP contribution >= 0.6 is 0 Å². The van der Waals surface area contributed by atoms with Gasteiger partial charge in [0.25, 0.3) is 5.91 Å². The number of amides is 1. The molecule has 28 heavy (non-hydrogen) atoms. The molecule has 140 valence electrons. The predicted octanol–water partition coefficient (Wildman–Crippen LogP) is 5.22. The van der Waals surface area contributed by atoms with Crippen molar-refractivity contribution < 1.29 is 4.79 Å². The molecule has 0 spiro atoms. The van der Waals surface area contributed by atoms with E-state index >= 15 is 0 Å². The Morgan fingerprint density at radius 2 is 1.57 bits per heavy atom. The van der Waals surface area contributed by atoms with Crippen LogP contribution in [0.4, 0.5) is 5.69 Å². The normalized spacial score (nSPS) is 21.0. The van der Waals surface area contributed by atoms with E-state index in [2.05, 4.69) is 46.6 Å². The molecule has 3 aromatic carbocycles. The average molecular weight is 368 g/mol. The summed E-state index contributed by atoms with van der Waals surface area (Å²) < 4.78 is 0. The molecule has 1 amide bonds. The second-order valence-electron chi connectivity index (χ2n) is 7.78. The molecule has 2 aliphatic rings. The van der Waals surface area contributed by atoms with Crippen LogP contribution in [0, 0.1) is 0 Å². The van der Waals surface area contributed by atoms with Crippen molar-refractivity contribution >= 4 is 11.6 Å². The Hall–Kier alpha value is -2.91. The van der Waals surface area contributed by atoms with Gasteiger partial charge in [0.15, 0.2) is 0 Å². The van der Waals surface area contributed by atoms with E-state index in [0.717, 1.165) is 12.2 Å². The second kappa shape index (κ2) is 7.25. The van der Waals surface area contributed by atoms with Crippen LogP contribution in [0.1, 0.15) is 51.8 Å². The van der Waals surface area contributed by atoms with Crippen LogP contribution < -0.4 is 5.32 Å². The number of anilines is 1. The Morgan fingerprint density at radius 3 is 2.36 bits per heavy atom. The number of fused-ring (bicyclic) bond motifs is 3. The van der Waals surface area contributed by atoms with Gasteiger partial charge in [-0.05, 0) is 60.3 Å². The summed E-state index contributed by atoms with van der Waals surface area (Å²) in [7, 11) is 0. The molecule has 5 rings (SSSR count). The maximum atomic E-state index is 12.4. The molecule has 0 bridgehead atoms. The Kier molecular flexibility index (Phi) is 4.46. The van der Waals surface area contributed by atoms with Crippen LogP contribution in [-0.4, -0.2) is 23.9 Å². The van der Waals surface area contributed by atoms with Crippen LogP contribution in [0.2, 0.25) is 0 Å². The van der Waals surface area contributed by atoms with E-state index in [-0.39, 0.29) is 5.91 Å². The van der Waals surface area contributed by atoms with Crippen molar-refractivity contribution in [2.45, 2.75) is 24.8 Å². The minimum absolute atomic E-state index is 0.0729. The number of hydrogen-bond donors (Lipinski definition) is 1. The predicted molar refractivity (Wildman–Crippen MR) is 113 cm³/mol. The molecule has 2 aliphatic heterocycles. The minimum Gasteiger partial charge on any atom is -0.322 e. The Morgan fingerprint density at radius 1 is 0.857 bits per heavy atom. The summed E-state index contributed by atoms with van der Waals surface area (Å²) in [6.07, 6.45) is 2.56. The molecule has 3 aromatic rings. The maximum absolute atomic E-state index is 12.4. The molecular weight excluding hydrogens is 344 g/mol. The molecule has 2 atom stereocenters. The molecule has 3 nitrogen and oxygen atoms in total. The van der Waals surface area contributed by atoms with Gasteiger partial charge in [0.1, 0.15) is 0 Å². The fourth-order valence-electron chi connectivity index (χ4n) is 4.74. The lowest BCUT2D eigenvalue weighted by molar-refractivity contribution is 0.102. The van der Waals surface area contributed by atoms with Crippen molar-refractivity contribution in [1.82, 2.24) is 4.90 Å². The van der Waals surface area contributed by atoms with Crippen LogP contribution in [0.5, 0.6) is 0 Å². The molecule has 0 radical (unpaired) electrons. The highest BCUT2D eigenvalue weighted by Crippen LogP contribution is 2.44. The monoisotopic (exact) mass is 368 g/mol. The van der Waals surface area contributed by atoms with Crippen molar-refractivity contribution in [2.75, 3.05) is 18.4 Å².